The maximum atomic E-state index is 10.9. The van der Waals surface area contributed by atoms with Crippen LogP contribution in [0.4, 0.5) is 0 Å². The predicted octanol–water partition coefficient (Wildman–Crippen LogP) is 1.92. The van der Waals surface area contributed by atoms with Crippen molar-refractivity contribution in [1.82, 2.24) is 0 Å². The van der Waals surface area contributed by atoms with E-state index >= 15 is 0 Å². The molecule has 0 radical (unpaired) electrons. The van der Waals surface area contributed by atoms with Gasteiger partial charge < -0.3 is 0 Å². The molecule has 0 aromatic heterocycles. The molecule has 0 unspecified atom stereocenters. The van der Waals surface area contributed by atoms with Crippen molar-refractivity contribution in [3.8, 4) is 0 Å². The summed E-state index contributed by atoms with van der Waals surface area (Å²) in [4.78, 5) is 22.2. The van der Waals surface area contributed by atoms with Crippen LogP contribution in [0, 0.1) is 0 Å². The van der Waals surface area contributed by atoms with Gasteiger partial charge in [-0.1, -0.05) is 12.1 Å². The average molecular weight is 194 g/mol. The number of benzene rings is 1. The summed E-state index contributed by atoms with van der Waals surface area (Å²) >= 11 is 4.19. The number of thiol groups is 1. The van der Waals surface area contributed by atoms with Crippen LogP contribution in [0.15, 0.2) is 23.1 Å². The van der Waals surface area contributed by atoms with Gasteiger partial charge in [-0.25, -0.2) is 0 Å². The van der Waals surface area contributed by atoms with Crippen molar-refractivity contribution in [2.75, 3.05) is 0 Å². The van der Waals surface area contributed by atoms with Crippen molar-refractivity contribution < 1.29 is 9.59 Å². The minimum Gasteiger partial charge on any atom is -0.300 e. The van der Waals surface area contributed by atoms with Crippen molar-refractivity contribution in [2.45, 2.75) is 18.2 Å². The monoisotopic (exact) mass is 194 g/mol. The zero-order chi connectivity index (χ0) is 9.84. The molecule has 13 heavy (non-hydrogen) atoms. The molecule has 0 aliphatic heterocycles. The second kappa shape index (κ2) is 4.23. The third-order valence-electron chi connectivity index (χ3n) is 1.74. The van der Waals surface area contributed by atoms with Crippen LogP contribution in [-0.2, 0) is 11.2 Å². The topological polar surface area (TPSA) is 34.1 Å². The van der Waals surface area contributed by atoms with Crippen LogP contribution >= 0.6 is 12.6 Å². The van der Waals surface area contributed by atoms with E-state index in [1.165, 1.54) is 6.92 Å². The minimum atomic E-state index is 0.0320. The van der Waals surface area contributed by atoms with Gasteiger partial charge in [-0.05, 0) is 18.6 Å². The van der Waals surface area contributed by atoms with E-state index in [0.29, 0.717) is 16.0 Å². The van der Waals surface area contributed by atoms with E-state index in [-0.39, 0.29) is 12.2 Å². The molecule has 0 saturated carbocycles. The highest BCUT2D eigenvalue weighted by Gasteiger charge is 2.07. The van der Waals surface area contributed by atoms with Crippen LogP contribution in [0.1, 0.15) is 22.8 Å². The lowest BCUT2D eigenvalue weighted by atomic mass is 10.0. The zero-order valence-electron chi connectivity index (χ0n) is 7.28. The van der Waals surface area contributed by atoms with Gasteiger partial charge in [0.25, 0.3) is 0 Å². The summed E-state index contributed by atoms with van der Waals surface area (Å²) < 4.78 is 0. The van der Waals surface area contributed by atoms with Crippen LogP contribution in [0.25, 0.3) is 0 Å². The van der Waals surface area contributed by atoms with Crippen LogP contribution in [-0.4, -0.2) is 12.1 Å². The molecule has 68 valence electrons. The molecule has 0 fully saturated rings. The molecule has 1 aromatic rings. The van der Waals surface area contributed by atoms with Gasteiger partial charge in [-0.2, -0.15) is 0 Å². The smallest absolute Gasteiger partial charge is 0.150 e. The lowest BCUT2D eigenvalue weighted by Crippen LogP contribution is -2.01. The summed E-state index contributed by atoms with van der Waals surface area (Å²) in [6.07, 6.45) is 1.02. The molecule has 3 heteroatoms. The standard InChI is InChI=1S/C10H10O2S/c1-7(12)5-9-8(6-11)3-2-4-10(9)13/h2-4,6,13H,5H2,1H3. The van der Waals surface area contributed by atoms with E-state index in [2.05, 4.69) is 12.6 Å². The Bertz CT molecular complexity index is 345. The van der Waals surface area contributed by atoms with Crippen molar-refractivity contribution in [3.63, 3.8) is 0 Å². The van der Waals surface area contributed by atoms with Crippen LogP contribution in [0.3, 0.4) is 0 Å². The molecular formula is C10H10O2S. The number of carbonyl (C=O) groups excluding carboxylic acids is 2. The quantitative estimate of drug-likeness (QED) is 0.589. The lowest BCUT2D eigenvalue weighted by Gasteiger charge is -2.04. The Morgan fingerprint density at radius 1 is 1.54 bits per heavy atom. The van der Waals surface area contributed by atoms with Crippen molar-refractivity contribution in [2.24, 2.45) is 0 Å². The largest absolute Gasteiger partial charge is 0.300 e. The first kappa shape index (κ1) is 9.99. The molecule has 0 aliphatic carbocycles. The highest BCUT2D eigenvalue weighted by molar-refractivity contribution is 7.80. The third-order valence-corrected chi connectivity index (χ3v) is 2.16. The maximum Gasteiger partial charge on any atom is 0.150 e. The van der Waals surface area contributed by atoms with Gasteiger partial charge >= 0.3 is 0 Å². The number of aldehydes is 1. The highest BCUT2D eigenvalue weighted by Crippen LogP contribution is 2.17. The van der Waals surface area contributed by atoms with Crippen LogP contribution in [0.2, 0.25) is 0 Å². The zero-order valence-corrected chi connectivity index (χ0v) is 8.17. The highest BCUT2D eigenvalue weighted by atomic mass is 32.1. The van der Waals surface area contributed by atoms with Gasteiger partial charge in [-0.3, -0.25) is 9.59 Å². The van der Waals surface area contributed by atoms with Crippen molar-refractivity contribution in [1.29, 1.82) is 0 Å². The predicted molar refractivity (Wildman–Crippen MR) is 53.5 cm³/mol. The molecule has 1 aromatic carbocycles. The fourth-order valence-corrected chi connectivity index (χ4v) is 1.44. The molecular weight excluding hydrogens is 184 g/mol. The summed E-state index contributed by atoms with van der Waals surface area (Å²) in [7, 11) is 0. The molecule has 0 aliphatic rings. The Morgan fingerprint density at radius 2 is 2.23 bits per heavy atom. The molecule has 0 amide bonds. The molecule has 0 atom stereocenters. The molecule has 0 heterocycles. The van der Waals surface area contributed by atoms with E-state index in [1.807, 2.05) is 0 Å². The first-order valence-corrected chi connectivity index (χ1v) is 4.35. The average Bonchev–Trinajstić information content (AvgIpc) is 2.08. The Morgan fingerprint density at radius 3 is 2.77 bits per heavy atom. The van der Waals surface area contributed by atoms with E-state index in [1.54, 1.807) is 18.2 Å². The Labute approximate surface area is 82.4 Å². The number of rotatable bonds is 3. The molecule has 0 N–H and O–H groups in total. The maximum absolute atomic E-state index is 10.9. The first-order valence-electron chi connectivity index (χ1n) is 3.90. The number of hydrogen-bond donors (Lipinski definition) is 1. The molecule has 0 spiro atoms. The number of ketones is 1. The Balaban J connectivity index is 3.14. The normalized spacial score (nSPS) is 9.69. The second-order valence-electron chi connectivity index (χ2n) is 2.84. The molecule has 1 rings (SSSR count). The van der Waals surface area contributed by atoms with E-state index in [9.17, 15) is 9.59 Å². The number of hydrogen-bond acceptors (Lipinski definition) is 3. The summed E-state index contributed by atoms with van der Waals surface area (Å²) in [5.74, 6) is 0.0320. The van der Waals surface area contributed by atoms with Gasteiger partial charge in [-0.15, -0.1) is 12.6 Å². The second-order valence-corrected chi connectivity index (χ2v) is 3.32. The van der Waals surface area contributed by atoms with Gasteiger partial charge in [0.1, 0.15) is 12.1 Å². The van der Waals surface area contributed by atoms with E-state index < -0.39 is 0 Å². The van der Waals surface area contributed by atoms with Gasteiger partial charge in [0.05, 0.1) is 0 Å². The van der Waals surface area contributed by atoms with Crippen molar-refractivity contribution >= 4 is 24.7 Å². The fourth-order valence-electron chi connectivity index (χ4n) is 1.14. The third kappa shape index (κ3) is 2.42. The first-order chi connectivity index (χ1) is 6.15. The van der Waals surface area contributed by atoms with Gasteiger partial charge in [0.15, 0.2) is 0 Å². The molecule has 0 bridgehead atoms. The van der Waals surface area contributed by atoms with E-state index in [4.69, 9.17) is 0 Å². The Hall–Kier alpha value is -1.09. The minimum absolute atomic E-state index is 0.0320. The summed E-state index contributed by atoms with van der Waals surface area (Å²) in [5.41, 5.74) is 1.26. The van der Waals surface area contributed by atoms with Crippen molar-refractivity contribution in [3.05, 3.63) is 29.3 Å². The number of Topliss-reactive ketones (excluding diaryl/α,β-unsaturated/α-hetero) is 1. The fraction of sp³-hybridized carbons (Fsp3) is 0.200. The summed E-state index contributed by atoms with van der Waals surface area (Å²) in [6.45, 7) is 1.49. The lowest BCUT2D eigenvalue weighted by molar-refractivity contribution is -0.116. The Kier molecular flexibility index (Phi) is 3.25. The number of carbonyl (C=O) groups is 2. The van der Waals surface area contributed by atoms with Crippen LogP contribution in [0.5, 0.6) is 0 Å². The molecule has 2 nitrogen and oxygen atoms in total. The van der Waals surface area contributed by atoms with Gasteiger partial charge in [0, 0.05) is 16.9 Å². The molecule has 0 saturated heterocycles. The summed E-state index contributed by atoms with van der Waals surface area (Å²) in [5, 5.41) is 0. The van der Waals surface area contributed by atoms with E-state index in [0.717, 1.165) is 6.29 Å². The SMILES string of the molecule is CC(=O)Cc1c(S)cccc1C=O. The summed E-state index contributed by atoms with van der Waals surface area (Å²) in [6, 6.07) is 5.20. The van der Waals surface area contributed by atoms with Crippen LogP contribution < -0.4 is 0 Å². The van der Waals surface area contributed by atoms with Gasteiger partial charge in [0.2, 0.25) is 0 Å².